The second-order valence-electron chi connectivity index (χ2n) is 5.86. The summed E-state index contributed by atoms with van der Waals surface area (Å²) in [4.78, 5) is 28.9. The number of hydrogen-bond donors (Lipinski definition) is 2. The van der Waals surface area contributed by atoms with Crippen LogP contribution in [-0.4, -0.2) is 22.8 Å². The van der Waals surface area contributed by atoms with Gasteiger partial charge in [0.1, 0.15) is 17.7 Å². The molecule has 1 aromatic carbocycles. The van der Waals surface area contributed by atoms with Gasteiger partial charge in [0.2, 0.25) is 5.91 Å². The highest BCUT2D eigenvalue weighted by molar-refractivity contribution is 6.00. The van der Waals surface area contributed by atoms with Gasteiger partial charge in [-0.25, -0.2) is 9.37 Å². The van der Waals surface area contributed by atoms with Crippen LogP contribution < -0.4 is 10.6 Å². The monoisotopic (exact) mass is 329 g/mol. The zero-order chi connectivity index (χ0) is 17.7. The number of carbonyl (C=O) groups excluding carboxylic acids is 2. The molecule has 1 heterocycles. The minimum absolute atomic E-state index is 0.126. The van der Waals surface area contributed by atoms with E-state index in [0.29, 0.717) is 11.4 Å². The predicted octanol–water partition coefficient (Wildman–Crippen LogP) is 2.92. The second-order valence-corrected chi connectivity index (χ2v) is 5.86. The molecule has 0 bridgehead atoms. The SMILES string of the molecule is Cc1cccc(NC(=O)[C@@H](NC(=O)c2ccc(F)cc2)C(C)C)n1. The van der Waals surface area contributed by atoms with Crippen LogP contribution in [0.3, 0.4) is 0 Å². The van der Waals surface area contributed by atoms with Crippen molar-refractivity contribution in [3.05, 3.63) is 59.5 Å². The Morgan fingerprint density at radius 1 is 1.08 bits per heavy atom. The van der Waals surface area contributed by atoms with Crippen molar-refractivity contribution in [1.82, 2.24) is 10.3 Å². The first-order chi connectivity index (χ1) is 11.4. The maximum Gasteiger partial charge on any atom is 0.251 e. The fourth-order valence-electron chi connectivity index (χ4n) is 2.18. The van der Waals surface area contributed by atoms with Crippen LogP contribution in [0.5, 0.6) is 0 Å². The average molecular weight is 329 g/mol. The van der Waals surface area contributed by atoms with E-state index < -0.39 is 17.8 Å². The number of pyridine rings is 1. The van der Waals surface area contributed by atoms with Crippen LogP contribution in [0.4, 0.5) is 10.2 Å². The van der Waals surface area contributed by atoms with Crippen LogP contribution in [-0.2, 0) is 4.79 Å². The first-order valence-corrected chi connectivity index (χ1v) is 7.68. The number of rotatable bonds is 5. The van der Waals surface area contributed by atoms with E-state index in [4.69, 9.17) is 0 Å². The molecule has 2 amide bonds. The third kappa shape index (κ3) is 4.62. The lowest BCUT2D eigenvalue weighted by molar-refractivity contribution is -0.118. The first-order valence-electron chi connectivity index (χ1n) is 7.68. The summed E-state index contributed by atoms with van der Waals surface area (Å²) in [6.07, 6.45) is 0. The zero-order valence-electron chi connectivity index (χ0n) is 13.8. The van der Waals surface area contributed by atoms with Gasteiger partial charge in [-0.1, -0.05) is 19.9 Å². The number of aryl methyl sites for hydroxylation is 1. The van der Waals surface area contributed by atoms with E-state index in [1.54, 1.807) is 12.1 Å². The van der Waals surface area contributed by atoms with Crippen LogP contribution in [0, 0.1) is 18.7 Å². The largest absolute Gasteiger partial charge is 0.340 e. The molecule has 1 aromatic heterocycles. The Labute approximate surface area is 140 Å². The highest BCUT2D eigenvalue weighted by atomic mass is 19.1. The minimum Gasteiger partial charge on any atom is -0.340 e. The van der Waals surface area contributed by atoms with Gasteiger partial charge >= 0.3 is 0 Å². The lowest BCUT2D eigenvalue weighted by atomic mass is 10.0. The van der Waals surface area contributed by atoms with E-state index in [2.05, 4.69) is 15.6 Å². The van der Waals surface area contributed by atoms with E-state index in [1.165, 1.54) is 24.3 Å². The first kappa shape index (κ1) is 17.6. The molecule has 2 rings (SSSR count). The smallest absolute Gasteiger partial charge is 0.251 e. The molecule has 0 aliphatic heterocycles. The van der Waals surface area contributed by atoms with Crippen molar-refractivity contribution in [3.63, 3.8) is 0 Å². The van der Waals surface area contributed by atoms with Crippen LogP contribution in [0.25, 0.3) is 0 Å². The van der Waals surface area contributed by atoms with Crippen LogP contribution in [0.1, 0.15) is 29.9 Å². The molecular weight excluding hydrogens is 309 g/mol. The Hall–Kier alpha value is -2.76. The molecule has 0 fully saturated rings. The van der Waals surface area contributed by atoms with Crippen molar-refractivity contribution in [2.75, 3.05) is 5.32 Å². The fraction of sp³-hybridized carbons (Fsp3) is 0.278. The summed E-state index contributed by atoms with van der Waals surface area (Å²) in [5.41, 5.74) is 1.08. The Morgan fingerprint density at radius 2 is 1.75 bits per heavy atom. The summed E-state index contributed by atoms with van der Waals surface area (Å²) < 4.78 is 12.9. The summed E-state index contributed by atoms with van der Waals surface area (Å²) in [6.45, 7) is 5.49. The van der Waals surface area contributed by atoms with Gasteiger partial charge in [0, 0.05) is 11.3 Å². The van der Waals surface area contributed by atoms with Crippen LogP contribution in [0.2, 0.25) is 0 Å². The molecule has 0 aliphatic carbocycles. The van der Waals surface area contributed by atoms with Crippen molar-refractivity contribution < 1.29 is 14.0 Å². The summed E-state index contributed by atoms with van der Waals surface area (Å²) in [5.74, 6) is -0.893. The van der Waals surface area contributed by atoms with Crippen molar-refractivity contribution in [1.29, 1.82) is 0 Å². The average Bonchev–Trinajstić information content (AvgIpc) is 2.52. The maximum atomic E-state index is 12.9. The van der Waals surface area contributed by atoms with Gasteiger partial charge in [0.15, 0.2) is 0 Å². The van der Waals surface area contributed by atoms with Gasteiger partial charge in [-0.15, -0.1) is 0 Å². The molecule has 2 aromatic rings. The molecular formula is C18H20FN3O2. The Morgan fingerprint density at radius 3 is 2.33 bits per heavy atom. The van der Waals surface area contributed by atoms with Gasteiger partial charge in [-0.05, 0) is 49.2 Å². The molecule has 0 unspecified atom stereocenters. The normalized spacial score (nSPS) is 11.9. The topological polar surface area (TPSA) is 71.1 Å². The van der Waals surface area contributed by atoms with Gasteiger partial charge in [-0.3, -0.25) is 9.59 Å². The number of amides is 2. The quantitative estimate of drug-likeness (QED) is 0.886. The lowest BCUT2D eigenvalue weighted by Gasteiger charge is -2.21. The predicted molar refractivity (Wildman–Crippen MR) is 90.1 cm³/mol. The number of anilines is 1. The van der Waals surface area contributed by atoms with Crippen molar-refractivity contribution >= 4 is 17.6 Å². The maximum absolute atomic E-state index is 12.9. The van der Waals surface area contributed by atoms with E-state index >= 15 is 0 Å². The summed E-state index contributed by atoms with van der Waals surface area (Å²) >= 11 is 0. The number of benzene rings is 1. The van der Waals surface area contributed by atoms with E-state index in [-0.39, 0.29) is 11.8 Å². The zero-order valence-corrected chi connectivity index (χ0v) is 13.8. The third-order valence-corrected chi connectivity index (χ3v) is 3.48. The number of halogens is 1. The number of hydrogen-bond acceptors (Lipinski definition) is 3. The molecule has 5 nitrogen and oxygen atoms in total. The molecule has 0 radical (unpaired) electrons. The van der Waals surface area contributed by atoms with Gasteiger partial charge in [0.05, 0.1) is 0 Å². The second kappa shape index (κ2) is 7.68. The highest BCUT2D eigenvalue weighted by Gasteiger charge is 2.25. The summed E-state index contributed by atoms with van der Waals surface area (Å²) in [6, 6.07) is 9.73. The van der Waals surface area contributed by atoms with Gasteiger partial charge < -0.3 is 10.6 Å². The highest BCUT2D eigenvalue weighted by Crippen LogP contribution is 2.10. The van der Waals surface area contributed by atoms with E-state index in [0.717, 1.165) is 5.69 Å². The number of carbonyl (C=O) groups is 2. The van der Waals surface area contributed by atoms with Crippen LogP contribution >= 0.6 is 0 Å². The standard InChI is InChI=1S/C18H20FN3O2/c1-11(2)16(18(24)21-15-6-4-5-12(3)20-15)22-17(23)13-7-9-14(19)10-8-13/h4-11,16H,1-3H3,(H,22,23)(H,20,21,24)/t16-/m0/s1. The number of aromatic nitrogens is 1. The number of nitrogens with zero attached hydrogens (tertiary/aromatic N) is 1. The Bertz CT molecular complexity index is 729. The summed E-state index contributed by atoms with van der Waals surface area (Å²) in [5, 5.41) is 5.39. The Balaban J connectivity index is 2.09. The van der Waals surface area contributed by atoms with E-state index in [9.17, 15) is 14.0 Å². The van der Waals surface area contributed by atoms with Gasteiger partial charge in [0.25, 0.3) is 5.91 Å². The lowest BCUT2D eigenvalue weighted by Crippen LogP contribution is -2.47. The van der Waals surface area contributed by atoms with Crippen molar-refractivity contribution in [3.8, 4) is 0 Å². The summed E-state index contributed by atoms with van der Waals surface area (Å²) in [7, 11) is 0. The molecule has 0 spiro atoms. The molecule has 1 atom stereocenters. The third-order valence-electron chi connectivity index (χ3n) is 3.48. The fourth-order valence-corrected chi connectivity index (χ4v) is 2.18. The van der Waals surface area contributed by atoms with Crippen molar-refractivity contribution in [2.45, 2.75) is 26.8 Å². The molecule has 2 N–H and O–H groups in total. The molecule has 0 aliphatic rings. The Kier molecular flexibility index (Phi) is 5.63. The molecule has 0 saturated carbocycles. The van der Waals surface area contributed by atoms with Crippen LogP contribution in [0.15, 0.2) is 42.5 Å². The van der Waals surface area contributed by atoms with Crippen molar-refractivity contribution in [2.24, 2.45) is 5.92 Å². The van der Waals surface area contributed by atoms with E-state index in [1.807, 2.05) is 26.8 Å². The molecule has 126 valence electrons. The minimum atomic E-state index is -0.732. The number of nitrogens with one attached hydrogen (secondary N) is 2. The molecule has 0 saturated heterocycles. The molecule has 6 heteroatoms. The van der Waals surface area contributed by atoms with Gasteiger partial charge in [-0.2, -0.15) is 0 Å². The molecule has 24 heavy (non-hydrogen) atoms.